The maximum absolute atomic E-state index is 13.2. The van der Waals surface area contributed by atoms with Crippen LogP contribution in [0.3, 0.4) is 0 Å². The molecule has 1 aliphatic rings. The smallest absolute Gasteiger partial charge is 0.227 e. The van der Waals surface area contributed by atoms with Crippen LogP contribution < -0.4 is 4.74 Å². The first-order chi connectivity index (χ1) is 13.0. The fraction of sp³-hybridized carbons (Fsp3) is 0.524. The molecule has 6 nitrogen and oxygen atoms in total. The van der Waals surface area contributed by atoms with Gasteiger partial charge in [0.05, 0.1) is 25.3 Å². The third-order valence-electron chi connectivity index (χ3n) is 5.34. The van der Waals surface area contributed by atoms with Gasteiger partial charge in [0.25, 0.3) is 0 Å². The van der Waals surface area contributed by atoms with Crippen LogP contribution >= 0.6 is 0 Å². The second-order valence-electron chi connectivity index (χ2n) is 7.17. The topological polar surface area (TPSA) is 56.6 Å². The van der Waals surface area contributed by atoms with Crippen molar-refractivity contribution in [1.82, 2.24) is 14.7 Å². The van der Waals surface area contributed by atoms with Crippen molar-refractivity contribution in [2.75, 3.05) is 20.3 Å². The lowest BCUT2D eigenvalue weighted by molar-refractivity contribution is -0.132. The Morgan fingerprint density at radius 2 is 2.15 bits per heavy atom. The van der Waals surface area contributed by atoms with Crippen molar-refractivity contribution in [2.45, 2.75) is 45.8 Å². The van der Waals surface area contributed by atoms with Crippen LogP contribution in [0.4, 0.5) is 0 Å². The largest absolute Gasteiger partial charge is 0.496 e. The molecule has 1 amide bonds. The molecule has 6 heteroatoms. The van der Waals surface area contributed by atoms with Crippen molar-refractivity contribution >= 4 is 5.91 Å². The molecule has 2 heterocycles. The van der Waals surface area contributed by atoms with E-state index in [0.29, 0.717) is 19.5 Å². The SMILES string of the molecule is COc1ccccc1CN(C[C@@H]1CCCO1)C(=O)Cc1c(C)nn(C)c1C. The Hall–Kier alpha value is -2.34. The Labute approximate surface area is 161 Å². The van der Waals surface area contributed by atoms with E-state index in [9.17, 15) is 4.79 Å². The number of methoxy groups -OCH3 is 1. The summed E-state index contributed by atoms with van der Waals surface area (Å²) in [5.74, 6) is 0.895. The zero-order valence-electron chi connectivity index (χ0n) is 16.7. The van der Waals surface area contributed by atoms with Crippen LogP contribution in [-0.4, -0.2) is 47.0 Å². The van der Waals surface area contributed by atoms with Crippen molar-refractivity contribution in [2.24, 2.45) is 7.05 Å². The van der Waals surface area contributed by atoms with Crippen LogP contribution in [-0.2, 0) is 29.5 Å². The summed E-state index contributed by atoms with van der Waals surface area (Å²) in [6, 6.07) is 7.85. The molecule has 1 atom stereocenters. The molecule has 0 aliphatic carbocycles. The summed E-state index contributed by atoms with van der Waals surface area (Å²) in [7, 11) is 3.57. The molecule has 2 aromatic rings. The number of aryl methyl sites for hydroxylation is 2. The second-order valence-corrected chi connectivity index (χ2v) is 7.17. The molecule has 27 heavy (non-hydrogen) atoms. The molecule has 1 saturated heterocycles. The molecule has 0 saturated carbocycles. The number of carbonyl (C=O) groups excluding carboxylic acids is 1. The first-order valence-electron chi connectivity index (χ1n) is 9.50. The maximum Gasteiger partial charge on any atom is 0.227 e. The lowest BCUT2D eigenvalue weighted by atomic mass is 10.1. The zero-order chi connectivity index (χ0) is 19.4. The van der Waals surface area contributed by atoms with Gasteiger partial charge in [-0.25, -0.2) is 0 Å². The van der Waals surface area contributed by atoms with Gasteiger partial charge in [-0.2, -0.15) is 5.10 Å². The summed E-state index contributed by atoms with van der Waals surface area (Å²) < 4.78 is 13.1. The van der Waals surface area contributed by atoms with Crippen molar-refractivity contribution in [3.05, 3.63) is 46.8 Å². The lowest BCUT2D eigenvalue weighted by Crippen LogP contribution is -2.38. The van der Waals surface area contributed by atoms with Gasteiger partial charge < -0.3 is 14.4 Å². The highest BCUT2D eigenvalue weighted by molar-refractivity contribution is 5.79. The third-order valence-corrected chi connectivity index (χ3v) is 5.34. The molecular weight excluding hydrogens is 342 g/mol. The number of hydrogen-bond acceptors (Lipinski definition) is 4. The van der Waals surface area contributed by atoms with E-state index in [-0.39, 0.29) is 12.0 Å². The Bertz CT molecular complexity index is 794. The number of benzene rings is 1. The number of amides is 1. The van der Waals surface area contributed by atoms with E-state index in [2.05, 4.69) is 5.10 Å². The minimum atomic E-state index is 0.0932. The number of para-hydroxylation sites is 1. The van der Waals surface area contributed by atoms with Gasteiger partial charge in [0.15, 0.2) is 0 Å². The number of hydrogen-bond donors (Lipinski definition) is 0. The molecule has 0 spiro atoms. The predicted molar refractivity (Wildman–Crippen MR) is 104 cm³/mol. The quantitative estimate of drug-likeness (QED) is 0.751. The molecule has 3 rings (SSSR count). The fourth-order valence-electron chi connectivity index (χ4n) is 3.66. The molecule has 1 aliphatic heterocycles. The van der Waals surface area contributed by atoms with E-state index < -0.39 is 0 Å². The van der Waals surface area contributed by atoms with E-state index in [1.54, 1.807) is 7.11 Å². The number of rotatable bonds is 7. The summed E-state index contributed by atoms with van der Waals surface area (Å²) in [6.45, 7) is 5.87. The van der Waals surface area contributed by atoms with Gasteiger partial charge in [0, 0.05) is 43.6 Å². The molecule has 0 unspecified atom stereocenters. The highest BCUT2D eigenvalue weighted by Crippen LogP contribution is 2.22. The van der Waals surface area contributed by atoms with Crippen LogP contribution in [0.5, 0.6) is 5.75 Å². The fourth-order valence-corrected chi connectivity index (χ4v) is 3.66. The maximum atomic E-state index is 13.2. The van der Waals surface area contributed by atoms with Crippen LogP contribution in [0.25, 0.3) is 0 Å². The number of aromatic nitrogens is 2. The van der Waals surface area contributed by atoms with E-state index in [0.717, 1.165) is 47.7 Å². The van der Waals surface area contributed by atoms with Gasteiger partial charge in [-0.05, 0) is 32.8 Å². The standard InChI is InChI=1S/C21H29N3O3/c1-15-19(16(2)23(3)22-15)12-21(25)24(14-18-9-7-11-27-18)13-17-8-5-6-10-20(17)26-4/h5-6,8,10,18H,7,9,11-14H2,1-4H3/t18-/m0/s1. The predicted octanol–water partition coefficient (Wildman–Crippen LogP) is 2.80. The van der Waals surface area contributed by atoms with Crippen molar-refractivity contribution in [1.29, 1.82) is 0 Å². The molecular formula is C21H29N3O3. The Balaban J connectivity index is 1.81. The molecule has 146 valence electrons. The summed E-state index contributed by atoms with van der Waals surface area (Å²) in [5, 5.41) is 4.44. The normalized spacial score (nSPS) is 16.5. The number of carbonyl (C=O) groups is 1. The van der Waals surface area contributed by atoms with E-state index in [4.69, 9.17) is 9.47 Å². The van der Waals surface area contributed by atoms with Crippen molar-refractivity contribution in [3.8, 4) is 5.75 Å². The summed E-state index contributed by atoms with van der Waals surface area (Å²) >= 11 is 0. The summed E-state index contributed by atoms with van der Waals surface area (Å²) in [6.07, 6.45) is 2.52. The highest BCUT2D eigenvalue weighted by atomic mass is 16.5. The minimum absolute atomic E-state index is 0.0932. The molecule has 0 N–H and O–H groups in total. The van der Waals surface area contributed by atoms with E-state index >= 15 is 0 Å². The van der Waals surface area contributed by atoms with Gasteiger partial charge >= 0.3 is 0 Å². The number of nitrogens with zero attached hydrogens (tertiary/aromatic N) is 3. The van der Waals surface area contributed by atoms with Gasteiger partial charge in [-0.1, -0.05) is 18.2 Å². The monoisotopic (exact) mass is 371 g/mol. The van der Waals surface area contributed by atoms with Crippen LogP contribution in [0.1, 0.15) is 35.4 Å². The van der Waals surface area contributed by atoms with E-state index in [1.807, 2.05) is 54.7 Å². The first kappa shape index (κ1) is 19.4. The van der Waals surface area contributed by atoms with Crippen molar-refractivity contribution < 1.29 is 14.3 Å². The summed E-state index contributed by atoms with van der Waals surface area (Å²) in [5.41, 5.74) is 3.97. The zero-order valence-corrected chi connectivity index (χ0v) is 16.7. The average Bonchev–Trinajstić information content (AvgIpc) is 3.25. The van der Waals surface area contributed by atoms with Gasteiger partial charge in [0.2, 0.25) is 5.91 Å². The van der Waals surface area contributed by atoms with Crippen molar-refractivity contribution in [3.63, 3.8) is 0 Å². The third kappa shape index (κ3) is 4.50. The van der Waals surface area contributed by atoms with Gasteiger partial charge in [0.1, 0.15) is 5.75 Å². The van der Waals surface area contributed by atoms with Crippen LogP contribution in [0.2, 0.25) is 0 Å². The molecule has 1 aromatic carbocycles. The molecule has 1 aromatic heterocycles. The van der Waals surface area contributed by atoms with Crippen LogP contribution in [0.15, 0.2) is 24.3 Å². The van der Waals surface area contributed by atoms with Gasteiger partial charge in [-0.15, -0.1) is 0 Å². The van der Waals surface area contributed by atoms with E-state index in [1.165, 1.54) is 0 Å². The summed E-state index contributed by atoms with van der Waals surface area (Å²) in [4.78, 5) is 15.1. The Kier molecular flexibility index (Phi) is 6.16. The molecule has 0 bridgehead atoms. The second kappa shape index (κ2) is 8.57. The highest BCUT2D eigenvalue weighted by Gasteiger charge is 2.25. The molecule has 1 fully saturated rings. The first-order valence-corrected chi connectivity index (χ1v) is 9.50. The number of ether oxygens (including phenoxy) is 2. The average molecular weight is 371 g/mol. The minimum Gasteiger partial charge on any atom is -0.496 e. The molecule has 0 radical (unpaired) electrons. The van der Waals surface area contributed by atoms with Gasteiger partial charge in [-0.3, -0.25) is 9.48 Å². The Morgan fingerprint density at radius 1 is 1.37 bits per heavy atom. The van der Waals surface area contributed by atoms with Crippen LogP contribution in [0, 0.1) is 13.8 Å². The Morgan fingerprint density at radius 3 is 2.78 bits per heavy atom. The lowest BCUT2D eigenvalue weighted by Gasteiger charge is -2.26.